The molecule has 3 rings (SSSR count). The molecule has 0 bridgehead atoms. The zero-order valence-electron chi connectivity index (χ0n) is 14.9. The summed E-state index contributed by atoms with van der Waals surface area (Å²) in [5.74, 6) is 0.348. The van der Waals surface area contributed by atoms with Crippen LogP contribution in [0.3, 0.4) is 0 Å². The molecule has 2 amide bonds. The van der Waals surface area contributed by atoms with Crippen molar-refractivity contribution in [1.29, 1.82) is 0 Å². The van der Waals surface area contributed by atoms with Crippen LogP contribution in [0.5, 0.6) is 11.5 Å². The van der Waals surface area contributed by atoms with Gasteiger partial charge < -0.3 is 9.84 Å². The fraction of sp³-hybridized carbons (Fsp3) is 0.200. The number of thioether (sulfide) groups is 1. The zero-order chi connectivity index (χ0) is 19.6. The number of carbonyl (C=O) groups is 2. The summed E-state index contributed by atoms with van der Waals surface area (Å²) in [6, 6.07) is 10.5. The summed E-state index contributed by atoms with van der Waals surface area (Å²) in [6.45, 7) is 4.32. The highest BCUT2D eigenvalue weighted by Crippen LogP contribution is 2.33. The average Bonchev–Trinajstić information content (AvgIpc) is 2.88. The van der Waals surface area contributed by atoms with Crippen molar-refractivity contribution in [2.24, 2.45) is 0 Å². The number of phenolic OH excluding ortho intramolecular Hbond substituents is 1. The molecule has 1 N–H and O–H groups in total. The number of amides is 2. The molecular weight excluding hydrogens is 386 g/mol. The molecule has 7 heteroatoms. The van der Waals surface area contributed by atoms with E-state index in [4.69, 9.17) is 16.3 Å². The highest BCUT2D eigenvalue weighted by Gasteiger charge is 2.34. The molecule has 2 aromatic carbocycles. The lowest BCUT2D eigenvalue weighted by atomic mass is 10.1. The van der Waals surface area contributed by atoms with Gasteiger partial charge in [-0.15, -0.1) is 0 Å². The predicted molar refractivity (Wildman–Crippen MR) is 107 cm³/mol. The standard InChI is InChI=1S/C20H18ClNO4S/c1-12-3-4-13(2)17(9-12)26-8-7-22-19(24)18(27-20(22)25)11-14-5-6-16(23)15(21)10-14/h3-6,9-11,23H,7-8H2,1-2H3/b18-11-. The molecule has 140 valence electrons. The number of rotatable bonds is 5. The Bertz CT molecular complexity index is 942. The Hall–Kier alpha value is -2.44. The summed E-state index contributed by atoms with van der Waals surface area (Å²) in [5, 5.41) is 9.32. The number of hydrogen-bond donors (Lipinski definition) is 1. The predicted octanol–water partition coefficient (Wildman–Crippen LogP) is 4.78. The normalized spacial score (nSPS) is 15.7. The molecule has 0 aromatic heterocycles. The fourth-order valence-corrected chi connectivity index (χ4v) is 3.62. The van der Waals surface area contributed by atoms with Crippen LogP contribution in [0.1, 0.15) is 16.7 Å². The molecule has 1 aliphatic rings. The highest BCUT2D eigenvalue weighted by molar-refractivity contribution is 8.18. The molecule has 0 saturated carbocycles. The van der Waals surface area contributed by atoms with Gasteiger partial charge >= 0.3 is 0 Å². The van der Waals surface area contributed by atoms with E-state index in [1.807, 2.05) is 32.0 Å². The number of imide groups is 1. The average molecular weight is 404 g/mol. The number of phenols is 1. The van der Waals surface area contributed by atoms with Crippen LogP contribution in [0.4, 0.5) is 4.79 Å². The Kier molecular flexibility index (Phi) is 5.77. The third-order valence-electron chi connectivity index (χ3n) is 4.06. The van der Waals surface area contributed by atoms with Gasteiger partial charge in [0.1, 0.15) is 18.1 Å². The Morgan fingerprint density at radius 2 is 1.96 bits per heavy atom. The maximum Gasteiger partial charge on any atom is 0.293 e. The van der Waals surface area contributed by atoms with Crippen LogP contribution < -0.4 is 4.74 Å². The molecule has 1 saturated heterocycles. The van der Waals surface area contributed by atoms with Crippen molar-refractivity contribution >= 4 is 40.6 Å². The Morgan fingerprint density at radius 3 is 2.70 bits per heavy atom. The summed E-state index contributed by atoms with van der Waals surface area (Å²) in [4.78, 5) is 26.2. The van der Waals surface area contributed by atoms with E-state index >= 15 is 0 Å². The maximum atomic E-state index is 12.5. The van der Waals surface area contributed by atoms with Crippen LogP contribution in [-0.2, 0) is 4.79 Å². The van der Waals surface area contributed by atoms with Gasteiger partial charge in [-0.1, -0.05) is 29.8 Å². The minimum absolute atomic E-state index is 0.0366. The molecule has 5 nitrogen and oxygen atoms in total. The molecule has 1 fully saturated rings. The van der Waals surface area contributed by atoms with Crippen molar-refractivity contribution in [2.75, 3.05) is 13.2 Å². The second kappa shape index (κ2) is 8.06. The first-order valence-electron chi connectivity index (χ1n) is 8.29. The molecule has 0 unspecified atom stereocenters. The van der Waals surface area contributed by atoms with Crippen molar-refractivity contribution in [3.63, 3.8) is 0 Å². The Morgan fingerprint density at radius 1 is 1.19 bits per heavy atom. The van der Waals surface area contributed by atoms with Gasteiger partial charge in [0.05, 0.1) is 16.5 Å². The molecule has 2 aromatic rings. The number of aryl methyl sites for hydroxylation is 2. The third kappa shape index (κ3) is 4.46. The van der Waals surface area contributed by atoms with Gasteiger partial charge in [0.25, 0.3) is 11.1 Å². The third-order valence-corrected chi connectivity index (χ3v) is 5.27. The SMILES string of the molecule is Cc1ccc(C)c(OCCN2C(=O)S/C(=C\c3ccc(O)c(Cl)c3)C2=O)c1. The van der Waals surface area contributed by atoms with E-state index < -0.39 is 0 Å². The van der Waals surface area contributed by atoms with Crippen LogP contribution in [0.25, 0.3) is 6.08 Å². The smallest absolute Gasteiger partial charge is 0.293 e. The van der Waals surface area contributed by atoms with Crippen LogP contribution in [0, 0.1) is 13.8 Å². The molecule has 1 heterocycles. The summed E-state index contributed by atoms with van der Waals surface area (Å²) in [7, 11) is 0. The van der Waals surface area contributed by atoms with E-state index in [0.717, 1.165) is 28.6 Å². The Labute approximate surface area is 166 Å². The van der Waals surface area contributed by atoms with Gasteiger partial charge in [-0.05, 0) is 66.6 Å². The highest BCUT2D eigenvalue weighted by atomic mass is 35.5. The van der Waals surface area contributed by atoms with Gasteiger partial charge in [0, 0.05) is 0 Å². The number of halogens is 1. The monoisotopic (exact) mass is 403 g/mol. The van der Waals surface area contributed by atoms with E-state index in [1.54, 1.807) is 12.1 Å². The Balaban J connectivity index is 1.66. The van der Waals surface area contributed by atoms with Gasteiger partial charge in [0.2, 0.25) is 0 Å². The number of benzene rings is 2. The number of carbonyl (C=O) groups excluding carboxylic acids is 2. The summed E-state index contributed by atoms with van der Waals surface area (Å²) in [6.07, 6.45) is 1.59. The lowest BCUT2D eigenvalue weighted by Crippen LogP contribution is -2.32. The number of ether oxygens (including phenoxy) is 1. The summed E-state index contributed by atoms with van der Waals surface area (Å²) >= 11 is 6.75. The summed E-state index contributed by atoms with van der Waals surface area (Å²) < 4.78 is 5.74. The van der Waals surface area contributed by atoms with Crippen molar-refractivity contribution in [1.82, 2.24) is 4.90 Å². The molecule has 27 heavy (non-hydrogen) atoms. The molecule has 0 radical (unpaired) electrons. The van der Waals surface area contributed by atoms with Crippen molar-refractivity contribution < 1.29 is 19.4 Å². The molecule has 0 atom stereocenters. The van der Waals surface area contributed by atoms with Gasteiger partial charge in [-0.2, -0.15) is 0 Å². The first kappa shape index (κ1) is 19.3. The largest absolute Gasteiger partial charge is 0.506 e. The van der Waals surface area contributed by atoms with Gasteiger partial charge in [0.15, 0.2) is 0 Å². The fourth-order valence-electron chi connectivity index (χ4n) is 2.57. The topological polar surface area (TPSA) is 66.8 Å². The van der Waals surface area contributed by atoms with Crippen LogP contribution >= 0.6 is 23.4 Å². The lowest BCUT2D eigenvalue weighted by molar-refractivity contribution is -0.123. The van der Waals surface area contributed by atoms with Crippen molar-refractivity contribution in [2.45, 2.75) is 13.8 Å². The zero-order valence-corrected chi connectivity index (χ0v) is 16.4. The second-order valence-electron chi connectivity index (χ2n) is 6.16. The van der Waals surface area contributed by atoms with Gasteiger partial charge in [-0.25, -0.2) is 0 Å². The molecular formula is C20H18ClNO4S. The molecule has 0 aliphatic carbocycles. The van der Waals surface area contributed by atoms with Crippen LogP contribution in [0.2, 0.25) is 5.02 Å². The number of hydrogen-bond acceptors (Lipinski definition) is 5. The first-order chi connectivity index (χ1) is 12.8. The van der Waals surface area contributed by atoms with Crippen molar-refractivity contribution in [3.05, 3.63) is 63.0 Å². The first-order valence-corrected chi connectivity index (χ1v) is 9.48. The van der Waals surface area contributed by atoms with Crippen LogP contribution in [0.15, 0.2) is 41.3 Å². The van der Waals surface area contributed by atoms with E-state index in [2.05, 4.69) is 0 Å². The summed E-state index contributed by atoms with van der Waals surface area (Å²) in [5.41, 5.74) is 2.71. The van der Waals surface area contributed by atoms with E-state index in [-0.39, 0.29) is 35.1 Å². The van der Waals surface area contributed by atoms with E-state index in [0.29, 0.717) is 10.5 Å². The molecule has 1 aliphatic heterocycles. The minimum Gasteiger partial charge on any atom is -0.506 e. The van der Waals surface area contributed by atoms with Gasteiger partial charge in [-0.3, -0.25) is 14.5 Å². The maximum absolute atomic E-state index is 12.5. The van der Waals surface area contributed by atoms with Crippen molar-refractivity contribution in [3.8, 4) is 11.5 Å². The number of aromatic hydroxyl groups is 1. The quantitative estimate of drug-likeness (QED) is 0.728. The van der Waals surface area contributed by atoms with E-state index in [1.165, 1.54) is 17.0 Å². The minimum atomic E-state index is -0.362. The lowest BCUT2D eigenvalue weighted by Gasteiger charge is -2.14. The second-order valence-corrected chi connectivity index (χ2v) is 7.56. The van der Waals surface area contributed by atoms with Crippen LogP contribution in [-0.4, -0.2) is 34.3 Å². The number of nitrogens with zero attached hydrogens (tertiary/aromatic N) is 1. The van der Waals surface area contributed by atoms with E-state index in [9.17, 15) is 14.7 Å². The molecule has 0 spiro atoms.